The first-order valence-corrected chi connectivity index (χ1v) is 17.6. The molecule has 0 spiro atoms. The summed E-state index contributed by atoms with van der Waals surface area (Å²) < 4.78 is 78.1. The van der Waals surface area contributed by atoms with Crippen LogP contribution in [-0.2, 0) is 26.9 Å². The normalized spacial score (nSPS) is 18.0. The number of ether oxygens (including phenoxy) is 2. The number of aromatic nitrogens is 1. The van der Waals surface area contributed by atoms with E-state index >= 15 is 4.79 Å². The number of fused-ring (bicyclic) bond motifs is 1. The summed E-state index contributed by atoms with van der Waals surface area (Å²) in [5.74, 6) is -1.03. The molecule has 11 nitrogen and oxygen atoms in total. The molecule has 3 aromatic carbocycles. The number of nitriles is 1. The second-order valence-corrected chi connectivity index (χ2v) is 13.9. The number of anilines is 2. The van der Waals surface area contributed by atoms with Gasteiger partial charge in [0, 0.05) is 55.7 Å². The summed E-state index contributed by atoms with van der Waals surface area (Å²) in [6, 6.07) is 21.7. The number of hydrogen-bond donors (Lipinski definition) is 1. The van der Waals surface area contributed by atoms with E-state index in [-0.39, 0.29) is 52.1 Å². The number of hydrogen-bond acceptors (Lipinski definition) is 10. The fraction of sp³-hybridized carbons (Fsp3) is 0.306. The van der Waals surface area contributed by atoms with Crippen molar-refractivity contribution >= 4 is 27.3 Å². The Hall–Kier alpha value is -5.17. The summed E-state index contributed by atoms with van der Waals surface area (Å²) in [6.45, 7) is 4.15. The number of rotatable bonds is 11. The molecule has 2 aliphatic rings. The van der Waals surface area contributed by atoms with Crippen molar-refractivity contribution < 1.29 is 35.9 Å². The number of carbonyl (C=O) groups excluding carboxylic acids is 1. The predicted molar refractivity (Wildman–Crippen MR) is 183 cm³/mol. The molecular formula is C36H35F3N6O5S. The highest BCUT2D eigenvalue weighted by atomic mass is 32.2. The molecule has 0 saturated carbocycles. The van der Waals surface area contributed by atoms with Crippen molar-refractivity contribution in [2.45, 2.75) is 30.1 Å². The average molecular weight is 721 g/mol. The number of alkyl halides is 3. The summed E-state index contributed by atoms with van der Waals surface area (Å²) in [5.41, 5.74) is 0.535. The van der Waals surface area contributed by atoms with E-state index in [0.717, 1.165) is 61.7 Å². The largest absolute Gasteiger partial charge is 0.484 e. The van der Waals surface area contributed by atoms with Crippen molar-refractivity contribution in [2.24, 2.45) is 0 Å². The Morgan fingerprint density at radius 2 is 1.67 bits per heavy atom. The quantitative estimate of drug-likeness (QED) is 0.231. The Bertz CT molecular complexity index is 2050. The predicted octanol–water partition coefficient (Wildman–Crippen LogP) is 4.81. The van der Waals surface area contributed by atoms with Crippen LogP contribution in [0.2, 0.25) is 0 Å². The highest BCUT2D eigenvalue weighted by Crippen LogP contribution is 2.49. The minimum Gasteiger partial charge on any atom is -0.484 e. The lowest BCUT2D eigenvalue weighted by Gasteiger charge is -2.34. The first-order valence-electron chi connectivity index (χ1n) is 16.2. The molecule has 1 N–H and O–H groups in total. The van der Waals surface area contributed by atoms with Gasteiger partial charge in [-0.3, -0.25) is 10.1 Å². The van der Waals surface area contributed by atoms with E-state index in [9.17, 15) is 26.9 Å². The molecule has 1 unspecified atom stereocenters. The zero-order valence-electron chi connectivity index (χ0n) is 27.9. The van der Waals surface area contributed by atoms with Crippen molar-refractivity contribution in [3.8, 4) is 17.7 Å². The zero-order chi connectivity index (χ0) is 36.4. The van der Waals surface area contributed by atoms with Crippen molar-refractivity contribution in [1.82, 2.24) is 15.2 Å². The number of piperazine rings is 1. The second-order valence-electron chi connectivity index (χ2n) is 12.1. The second kappa shape index (κ2) is 14.2. The molecule has 1 saturated heterocycles. The Morgan fingerprint density at radius 1 is 0.961 bits per heavy atom. The van der Waals surface area contributed by atoms with Crippen LogP contribution in [0.3, 0.4) is 0 Å². The first kappa shape index (κ1) is 35.6. The van der Waals surface area contributed by atoms with Gasteiger partial charge in [0.2, 0.25) is 5.88 Å². The highest BCUT2D eigenvalue weighted by molar-refractivity contribution is 7.93. The molecule has 1 fully saturated rings. The Labute approximate surface area is 293 Å². The molecule has 4 aromatic rings. The topological polar surface area (TPSA) is 128 Å². The van der Waals surface area contributed by atoms with Crippen LogP contribution in [0.5, 0.6) is 11.6 Å². The maximum Gasteiger partial charge on any atom is 0.422 e. The number of benzene rings is 3. The number of carbonyl (C=O) groups is 1. The molecule has 15 heteroatoms. The average Bonchev–Trinajstić information content (AvgIpc) is 3.38. The fourth-order valence-corrected chi connectivity index (χ4v) is 7.72. The Balaban J connectivity index is 1.42. The molecule has 6 rings (SSSR count). The Morgan fingerprint density at radius 3 is 2.31 bits per heavy atom. The number of amides is 1. The van der Waals surface area contributed by atoms with Crippen LogP contribution < -0.4 is 24.0 Å². The molecular weight excluding hydrogens is 685 g/mol. The van der Waals surface area contributed by atoms with Crippen molar-refractivity contribution in [3.63, 3.8) is 0 Å². The SMILES string of the molecule is CCOc1ncccc1C1(NCc2ccc(N3CCN(C)CC3)cc2)C(=O)N(S(=O)(=O)c2ccc(OCC(F)(F)F)cc2)c2ccc(C#N)cc21. The maximum atomic E-state index is 15.0. The van der Waals surface area contributed by atoms with Crippen molar-refractivity contribution in [3.05, 3.63) is 107 Å². The van der Waals surface area contributed by atoms with E-state index in [4.69, 9.17) is 9.47 Å². The van der Waals surface area contributed by atoms with Crippen LogP contribution in [0.4, 0.5) is 24.5 Å². The molecule has 0 bridgehead atoms. The number of nitrogens with one attached hydrogen (secondary N) is 1. The summed E-state index contributed by atoms with van der Waals surface area (Å²) in [7, 11) is -2.59. The van der Waals surface area contributed by atoms with Gasteiger partial charge in [-0.15, -0.1) is 0 Å². The van der Waals surface area contributed by atoms with Gasteiger partial charge >= 0.3 is 6.18 Å². The molecule has 1 amide bonds. The number of halogens is 3. The highest BCUT2D eigenvalue weighted by Gasteiger charge is 2.57. The first-order chi connectivity index (χ1) is 24.4. The number of likely N-dealkylation sites (N-methyl/N-ethyl adjacent to an activating group) is 1. The van der Waals surface area contributed by atoms with Gasteiger partial charge in [-0.05, 0) is 86.3 Å². The van der Waals surface area contributed by atoms with Gasteiger partial charge < -0.3 is 19.3 Å². The lowest BCUT2D eigenvalue weighted by Crippen LogP contribution is -2.52. The minimum absolute atomic E-state index is 0.0133. The smallest absolute Gasteiger partial charge is 0.422 e. The van der Waals surface area contributed by atoms with Crippen molar-refractivity contribution in [1.29, 1.82) is 5.26 Å². The van der Waals surface area contributed by atoms with E-state index in [2.05, 4.69) is 33.2 Å². The number of pyridine rings is 1. The third-order valence-corrected chi connectivity index (χ3v) is 10.5. The molecule has 51 heavy (non-hydrogen) atoms. The molecule has 1 aromatic heterocycles. The summed E-state index contributed by atoms with van der Waals surface area (Å²) in [5, 5.41) is 13.2. The molecule has 0 aliphatic carbocycles. The molecule has 266 valence electrons. The minimum atomic E-state index is -4.68. The monoisotopic (exact) mass is 720 g/mol. The lowest BCUT2D eigenvalue weighted by atomic mass is 9.83. The van der Waals surface area contributed by atoms with Crippen molar-refractivity contribution in [2.75, 3.05) is 55.6 Å². The molecule has 2 aliphatic heterocycles. The van der Waals surface area contributed by atoms with Gasteiger partial charge in [0.05, 0.1) is 28.8 Å². The lowest BCUT2D eigenvalue weighted by molar-refractivity contribution is -0.153. The van der Waals surface area contributed by atoms with Gasteiger partial charge in [-0.2, -0.15) is 18.4 Å². The summed E-state index contributed by atoms with van der Waals surface area (Å²) >= 11 is 0. The van der Waals surface area contributed by atoms with Crippen LogP contribution in [0.15, 0.2) is 90.0 Å². The van der Waals surface area contributed by atoms with Crippen LogP contribution in [0.25, 0.3) is 0 Å². The van der Waals surface area contributed by atoms with E-state index in [0.29, 0.717) is 4.31 Å². The van der Waals surface area contributed by atoms with Crippen LogP contribution in [-0.4, -0.2) is 76.8 Å². The van der Waals surface area contributed by atoms with Gasteiger partial charge in [0.25, 0.3) is 15.9 Å². The standard InChI is InChI=1S/C36H35F3N6O5S/c1-3-49-33-30(5-4-16-41-33)36(42-23-25-6-9-27(10-7-25)44-19-17-43(2)18-20-44)31-21-26(22-40)8-15-32(31)45(34(36)46)51(47,48)29-13-11-28(12-14-29)50-24-35(37,38)39/h4-16,21,42H,3,17-20,23-24H2,1-2H3. The zero-order valence-corrected chi connectivity index (χ0v) is 28.7. The van der Waals surface area contributed by atoms with E-state index in [1.54, 1.807) is 19.1 Å². The van der Waals surface area contributed by atoms with E-state index in [1.807, 2.05) is 24.3 Å². The third-order valence-electron chi connectivity index (χ3n) is 8.84. The number of nitrogens with zero attached hydrogens (tertiary/aromatic N) is 5. The maximum absolute atomic E-state index is 15.0. The summed E-state index contributed by atoms with van der Waals surface area (Å²) in [4.78, 5) is 23.6. The van der Waals surface area contributed by atoms with Gasteiger partial charge in [-0.1, -0.05) is 12.1 Å². The van der Waals surface area contributed by atoms with Gasteiger partial charge in [-0.25, -0.2) is 17.7 Å². The van der Waals surface area contributed by atoms with Crippen LogP contribution in [0, 0.1) is 11.3 Å². The van der Waals surface area contributed by atoms with Gasteiger partial charge in [0.1, 0.15) is 5.75 Å². The third kappa shape index (κ3) is 7.07. The van der Waals surface area contributed by atoms with Crippen LogP contribution in [0.1, 0.15) is 29.2 Å². The Kier molecular flexibility index (Phi) is 9.94. The molecule has 1 atom stereocenters. The van der Waals surface area contributed by atoms with E-state index in [1.165, 1.54) is 24.4 Å². The molecule has 0 radical (unpaired) electrons. The number of sulfonamides is 1. The van der Waals surface area contributed by atoms with Crippen LogP contribution >= 0.6 is 0 Å². The summed E-state index contributed by atoms with van der Waals surface area (Å²) in [6.07, 6.45) is -3.10. The van der Waals surface area contributed by atoms with E-state index < -0.39 is 34.3 Å². The van der Waals surface area contributed by atoms with Gasteiger partial charge in [0.15, 0.2) is 12.1 Å². The fourth-order valence-electron chi connectivity index (χ4n) is 6.26. The molecule has 3 heterocycles.